The number of nitrogens with zero attached hydrogens (tertiary/aromatic N) is 1. The minimum Gasteiger partial charge on any atom is -0.476 e. The van der Waals surface area contributed by atoms with E-state index in [1.54, 1.807) is 12.3 Å². The topological polar surface area (TPSA) is 67.0 Å². The lowest BCUT2D eigenvalue weighted by molar-refractivity contribution is 0.328. The lowest BCUT2D eigenvalue weighted by Gasteiger charge is -2.27. The van der Waals surface area contributed by atoms with E-state index in [0.29, 0.717) is 12.5 Å². The molecule has 0 spiro atoms. The van der Waals surface area contributed by atoms with Crippen molar-refractivity contribution < 1.29 is 4.74 Å². The Morgan fingerprint density at radius 2 is 2.33 bits per heavy atom. The maximum absolute atomic E-state index is 11.4. The number of hydrogen-bond acceptors (Lipinski definition) is 4. The van der Waals surface area contributed by atoms with Crippen LogP contribution in [-0.4, -0.2) is 16.6 Å². The average Bonchev–Trinajstić information content (AvgIpc) is 2.49. The highest BCUT2D eigenvalue weighted by molar-refractivity contribution is 5.54. The SMILES string of the molecule is CCOc1ncccc1NC1CCCc2[nH]c(=O)ccc21. The van der Waals surface area contributed by atoms with Gasteiger partial charge in [-0.3, -0.25) is 4.79 Å². The number of rotatable bonds is 4. The van der Waals surface area contributed by atoms with Crippen molar-refractivity contribution >= 4 is 5.69 Å². The van der Waals surface area contributed by atoms with Gasteiger partial charge in [0.2, 0.25) is 11.4 Å². The first kappa shape index (κ1) is 13.7. The molecule has 2 aromatic heterocycles. The van der Waals surface area contributed by atoms with Gasteiger partial charge in [-0.05, 0) is 49.9 Å². The zero-order valence-corrected chi connectivity index (χ0v) is 12.1. The van der Waals surface area contributed by atoms with Crippen LogP contribution in [0.4, 0.5) is 5.69 Å². The molecule has 0 radical (unpaired) electrons. The van der Waals surface area contributed by atoms with E-state index in [4.69, 9.17) is 4.74 Å². The molecule has 0 amide bonds. The summed E-state index contributed by atoms with van der Waals surface area (Å²) in [5.41, 5.74) is 3.05. The molecule has 5 nitrogen and oxygen atoms in total. The monoisotopic (exact) mass is 285 g/mol. The highest BCUT2D eigenvalue weighted by atomic mass is 16.5. The zero-order valence-electron chi connectivity index (χ0n) is 12.1. The predicted molar refractivity (Wildman–Crippen MR) is 81.8 cm³/mol. The molecule has 110 valence electrons. The highest BCUT2D eigenvalue weighted by Gasteiger charge is 2.21. The third-order valence-corrected chi connectivity index (χ3v) is 3.71. The maximum Gasteiger partial charge on any atom is 0.248 e. The Morgan fingerprint density at radius 1 is 1.43 bits per heavy atom. The van der Waals surface area contributed by atoms with Crippen molar-refractivity contribution in [2.24, 2.45) is 0 Å². The van der Waals surface area contributed by atoms with E-state index in [-0.39, 0.29) is 11.6 Å². The number of hydrogen-bond donors (Lipinski definition) is 2. The van der Waals surface area contributed by atoms with E-state index in [9.17, 15) is 4.79 Å². The molecule has 1 aliphatic carbocycles. The Bertz CT molecular complexity index is 681. The normalized spacial score (nSPS) is 17.1. The second kappa shape index (κ2) is 5.99. The number of H-pyrrole nitrogens is 1. The summed E-state index contributed by atoms with van der Waals surface area (Å²) in [4.78, 5) is 18.6. The van der Waals surface area contributed by atoms with Crippen molar-refractivity contribution in [2.45, 2.75) is 32.2 Å². The number of aromatic nitrogens is 2. The fraction of sp³-hybridized carbons (Fsp3) is 0.375. The van der Waals surface area contributed by atoms with Crippen LogP contribution in [0, 0.1) is 0 Å². The minimum atomic E-state index is -0.0363. The van der Waals surface area contributed by atoms with Gasteiger partial charge in [0, 0.05) is 18.0 Å². The van der Waals surface area contributed by atoms with E-state index < -0.39 is 0 Å². The van der Waals surface area contributed by atoms with E-state index in [0.717, 1.165) is 36.2 Å². The predicted octanol–water partition coefficient (Wildman–Crippen LogP) is 2.66. The summed E-state index contributed by atoms with van der Waals surface area (Å²) in [5.74, 6) is 0.622. The number of aryl methyl sites for hydroxylation is 1. The molecule has 3 rings (SSSR count). The molecule has 0 aliphatic heterocycles. The van der Waals surface area contributed by atoms with Crippen LogP contribution < -0.4 is 15.6 Å². The molecule has 21 heavy (non-hydrogen) atoms. The first-order valence-electron chi connectivity index (χ1n) is 7.34. The fourth-order valence-electron chi connectivity index (χ4n) is 2.79. The van der Waals surface area contributed by atoms with Crippen LogP contribution in [0.25, 0.3) is 0 Å². The molecular formula is C16H19N3O2. The Balaban J connectivity index is 1.89. The summed E-state index contributed by atoms with van der Waals surface area (Å²) in [6, 6.07) is 7.54. The van der Waals surface area contributed by atoms with Crippen LogP contribution >= 0.6 is 0 Å². The van der Waals surface area contributed by atoms with Crippen LogP contribution in [0.1, 0.15) is 37.1 Å². The Labute approximate surface area is 123 Å². The van der Waals surface area contributed by atoms with Crippen LogP contribution in [0.5, 0.6) is 5.88 Å². The second-order valence-electron chi connectivity index (χ2n) is 5.13. The standard InChI is InChI=1S/C16H19N3O2/c1-2-21-16-14(7-4-10-17-16)18-12-5-3-6-13-11(12)8-9-15(20)19-13/h4,7-10,12,18H,2-3,5-6H2,1H3,(H,19,20). The molecule has 0 saturated carbocycles. The van der Waals surface area contributed by atoms with Gasteiger partial charge in [0.25, 0.3) is 0 Å². The Hall–Kier alpha value is -2.30. The van der Waals surface area contributed by atoms with Crippen LogP contribution in [0.2, 0.25) is 0 Å². The van der Waals surface area contributed by atoms with Gasteiger partial charge in [-0.25, -0.2) is 4.98 Å². The molecule has 0 fully saturated rings. The van der Waals surface area contributed by atoms with Gasteiger partial charge in [0.05, 0.1) is 18.3 Å². The van der Waals surface area contributed by atoms with E-state index in [1.807, 2.05) is 25.1 Å². The number of fused-ring (bicyclic) bond motifs is 1. The third-order valence-electron chi connectivity index (χ3n) is 3.71. The molecule has 1 unspecified atom stereocenters. The molecule has 1 atom stereocenters. The van der Waals surface area contributed by atoms with Gasteiger partial charge < -0.3 is 15.0 Å². The van der Waals surface area contributed by atoms with Crippen molar-refractivity contribution in [1.29, 1.82) is 0 Å². The smallest absolute Gasteiger partial charge is 0.248 e. The fourth-order valence-corrected chi connectivity index (χ4v) is 2.79. The summed E-state index contributed by atoms with van der Waals surface area (Å²) >= 11 is 0. The lowest BCUT2D eigenvalue weighted by atomic mass is 9.91. The van der Waals surface area contributed by atoms with Gasteiger partial charge in [-0.1, -0.05) is 0 Å². The summed E-state index contributed by atoms with van der Waals surface area (Å²) in [6.45, 7) is 2.53. The quantitative estimate of drug-likeness (QED) is 0.906. The van der Waals surface area contributed by atoms with E-state index in [1.165, 1.54) is 0 Å². The summed E-state index contributed by atoms with van der Waals surface area (Å²) < 4.78 is 5.55. The molecule has 2 heterocycles. The minimum absolute atomic E-state index is 0.0363. The number of anilines is 1. The van der Waals surface area contributed by atoms with Crippen LogP contribution in [0.15, 0.2) is 35.3 Å². The molecule has 2 N–H and O–H groups in total. The molecule has 0 aromatic carbocycles. The van der Waals surface area contributed by atoms with Crippen LogP contribution in [0.3, 0.4) is 0 Å². The van der Waals surface area contributed by atoms with E-state index >= 15 is 0 Å². The van der Waals surface area contributed by atoms with Gasteiger partial charge in [0.15, 0.2) is 0 Å². The van der Waals surface area contributed by atoms with Gasteiger partial charge >= 0.3 is 0 Å². The molecule has 5 heteroatoms. The van der Waals surface area contributed by atoms with Gasteiger partial charge in [-0.2, -0.15) is 0 Å². The first-order chi connectivity index (χ1) is 10.3. The number of ether oxygens (including phenoxy) is 1. The van der Waals surface area contributed by atoms with Gasteiger partial charge in [-0.15, -0.1) is 0 Å². The molecule has 1 aliphatic rings. The maximum atomic E-state index is 11.4. The lowest BCUT2D eigenvalue weighted by Crippen LogP contribution is -2.22. The molecular weight excluding hydrogens is 266 g/mol. The number of nitrogens with one attached hydrogen (secondary N) is 2. The largest absolute Gasteiger partial charge is 0.476 e. The number of pyridine rings is 2. The van der Waals surface area contributed by atoms with Crippen molar-refractivity contribution in [3.63, 3.8) is 0 Å². The number of aromatic amines is 1. The van der Waals surface area contributed by atoms with Crippen molar-refractivity contribution in [2.75, 3.05) is 11.9 Å². The Kier molecular flexibility index (Phi) is 3.90. The first-order valence-corrected chi connectivity index (χ1v) is 7.34. The van der Waals surface area contributed by atoms with Crippen molar-refractivity contribution in [1.82, 2.24) is 9.97 Å². The summed E-state index contributed by atoms with van der Waals surface area (Å²) in [7, 11) is 0. The summed E-state index contributed by atoms with van der Waals surface area (Å²) in [6.07, 6.45) is 4.73. The molecule has 0 saturated heterocycles. The van der Waals surface area contributed by atoms with Crippen molar-refractivity contribution in [3.8, 4) is 5.88 Å². The molecule has 0 bridgehead atoms. The second-order valence-corrected chi connectivity index (χ2v) is 5.13. The van der Waals surface area contributed by atoms with Crippen LogP contribution in [-0.2, 0) is 6.42 Å². The molecule has 2 aromatic rings. The summed E-state index contributed by atoms with van der Waals surface area (Å²) in [5, 5.41) is 3.50. The average molecular weight is 285 g/mol. The third kappa shape index (κ3) is 2.91. The Morgan fingerprint density at radius 3 is 3.19 bits per heavy atom. The highest BCUT2D eigenvalue weighted by Crippen LogP contribution is 2.33. The zero-order chi connectivity index (χ0) is 14.7. The van der Waals surface area contributed by atoms with Gasteiger partial charge in [0.1, 0.15) is 0 Å². The van der Waals surface area contributed by atoms with E-state index in [2.05, 4.69) is 15.3 Å². The van der Waals surface area contributed by atoms with Crippen molar-refractivity contribution in [3.05, 3.63) is 52.1 Å².